The third kappa shape index (κ3) is 4.60. The highest BCUT2D eigenvalue weighted by Gasteiger charge is 2.16. The minimum atomic E-state index is -0.780. The van der Waals surface area contributed by atoms with Gasteiger partial charge in [-0.3, -0.25) is 4.79 Å². The SMILES string of the molecule is CC(C)CN(CCC(=O)O)c1nnc(C(C)C)s1. The lowest BCUT2D eigenvalue weighted by Crippen LogP contribution is -2.29. The molecule has 0 aromatic carbocycles. The van der Waals surface area contributed by atoms with Crippen LogP contribution in [0.15, 0.2) is 0 Å². The van der Waals surface area contributed by atoms with Gasteiger partial charge in [0.2, 0.25) is 5.13 Å². The van der Waals surface area contributed by atoms with Crippen molar-refractivity contribution in [2.45, 2.75) is 40.0 Å². The average Bonchev–Trinajstić information content (AvgIpc) is 2.72. The quantitative estimate of drug-likeness (QED) is 0.825. The van der Waals surface area contributed by atoms with Gasteiger partial charge in [-0.15, -0.1) is 10.2 Å². The number of aromatic nitrogens is 2. The van der Waals surface area contributed by atoms with Gasteiger partial charge in [-0.05, 0) is 5.92 Å². The number of nitrogens with zero attached hydrogens (tertiary/aromatic N) is 3. The number of anilines is 1. The standard InChI is InChI=1S/C12H21N3O2S/c1-8(2)7-15(6-5-10(16)17)12-14-13-11(18-12)9(3)4/h8-9H,5-7H2,1-4H3,(H,16,17). The van der Waals surface area contributed by atoms with Crippen LogP contribution in [0.1, 0.15) is 45.0 Å². The molecule has 6 heteroatoms. The maximum absolute atomic E-state index is 10.7. The molecule has 1 aromatic rings. The second kappa shape index (κ2) is 6.68. The smallest absolute Gasteiger partial charge is 0.305 e. The van der Waals surface area contributed by atoms with Gasteiger partial charge in [0.15, 0.2) is 0 Å². The van der Waals surface area contributed by atoms with Gasteiger partial charge in [-0.1, -0.05) is 39.0 Å². The Hall–Kier alpha value is -1.17. The second-order valence-electron chi connectivity index (χ2n) is 5.06. The summed E-state index contributed by atoms with van der Waals surface area (Å²) < 4.78 is 0. The maximum Gasteiger partial charge on any atom is 0.305 e. The normalized spacial score (nSPS) is 11.2. The summed E-state index contributed by atoms with van der Waals surface area (Å²) in [5, 5.41) is 18.9. The molecule has 0 bridgehead atoms. The van der Waals surface area contributed by atoms with Gasteiger partial charge in [0, 0.05) is 19.0 Å². The van der Waals surface area contributed by atoms with Crippen molar-refractivity contribution in [3.63, 3.8) is 0 Å². The highest BCUT2D eigenvalue weighted by atomic mass is 32.1. The Kier molecular flexibility index (Phi) is 5.53. The molecule has 0 unspecified atom stereocenters. The van der Waals surface area contributed by atoms with Crippen LogP contribution in [0.3, 0.4) is 0 Å². The van der Waals surface area contributed by atoms with E-state index in [9.17, 15) is 4.79 Å². The molecule has 0 aliphatic rings. The summed E-state index contributed by atoms with van der Waals surface area (Å²) in [6.07, 6.45) is 0.128. The van der Waals surface area contributed by atoms with Crippen LogP contribution in [0.4, 0.5) is 5.13 Å². The van der Waals surface area contributed by atoms with Crippen LogP contribution >= 0.6 is 11.3 Å². The highest BCUT2D eigenvalue weighted by Crippen LogP contribution is 2.26. The van der Waals surface area contributed by atoms with E-state index in [4.69, 9.17) is 5.11 Å². The van der Waals surface area contributed by atoms with Crippen molar-refractivity contribution in [1.82, 2.24) is 10.2 Å². The van der Waals surface area contributed by atoms with E-state index < -0.39 is 5.97 Å². The lowest BCUT2D eigenvalue weighted by Gasteiger charge is -2.22. The molecule has 1 N–H and O–H groups in total. The molecular formula is C12H21N3O2S. The van der Waals surface area contributed by atoms with E-state index in [0.29, 0.717) is 18.4 Å². The van der Waals surface area contributed by atoms with Gasteiger partial charge >= 0.3 is 5.97 Å². The molecule has 0 amide bonds. The number of rotatable bonds is 7. The fourth-order valence-electron chi connectivity index (χ4n) is 1.52. The molecule has 0 fully saturated rings. The molecule has 0 spiro atoms. The minimum Gasteiger partial charge on any atom is -0.481 e. The Labute approximate surface area is 112 Å². The topological polar surface area (TPSA) is 66.3 Å². The van der Waals surface area contributed by atoms with Crippen LogP contribution in [0, 0.1) is 5.92 Å². The van der Waals surface area contributed by atoms with Gasteiger partial charge in [-0.2, -0.15) is 0 Å². The number of carbonyl (C=O) groups is 1. The van der Waals surface area contributed by atoms with Crippen molar-refractivity contribution in [1.29, 1.82) is 0 Å². The van der Waals surface area contributed by atoms with Crippen molar-refractivity contribution in [3.05, 3.63) is 5.01 Å². The fourth-order valence-corrected chi connectivity index (χ4v) is 2.40. The largest absolute Gasteiger partial charge is 0.481 e. The van der Waals surface area contributed by atoms with Crippen LogP contribution in [0.5, 0.6) is 0 Å². The third-order valence-electron chi connectivity index (χ3n) is 2.38. The lowest BCUT2D eigenvalue weighted by atomic mass is 10.2. The van der Waals surface area contributed by atoms with Crippen molar-refractivity contribution in [2.75, 3.05) is 18.0 Å². The summed E-state index contributed by atoms with van der Waals surface area (Å²) in [7, 11) is 0. The molecule has 1 aromatic heterocycles. The number of hydrogen-bond donors (Lipinski definition) is 1. The first kappa shape index (κ1) is 14.9. The number of aliphatic carboxylic acids is 1. The zero-order valence-corrected chi connectivity index (χ0v) is 12.2. The van der Waals surface area contributed by atoms with Crippen LogP contribution in [-0.2, 0) is 4.79 Å². The predicted octanol–water partition coefficient (Wildman–Crippen LogP) is 2.60. The number of carboxylic acids is 1. The number of hydrogen-bond acceptors (Lipinski definition) is 5. The molecule has 0 aliphatic heterocycles. The molecule has 18 heavy (non-hydrogen) atoms. The van der Waals surface area contributed by atoms with Gasteiger partial charge in [0.1, 0.15) is 5.01 Å². The highest BCUT2D eigenvalue weighted by molar-refractivity contribution is 7.15. The Bertz CT molecular complexity index is 390. The summed E-state index contributed by atoms with van der Waals surface area (Å²) in [5.41, 5.74) is 0. The summed E-state index contributed by atoms with van der Waals surface area (Å²) in [6, 6.07) is 0. The van der Waals surface area contributed by atoms with Crippen molar-refractivity contribution < 1.29 is 9.90 Å². The van der Waals surface area contributed by atoms with Crippen molar-refractivity contribution in [3.8, 4) is 0 Å². The maximum atomic E-state index is 10.7. The van der Waals surface area contributed by atoms with E-state index in [1.807, 2.05) is 4.90 Å². The molecule has 0 saturated carbocycles. The fraction of sp³-hybridized carbons (Fsp3) is 0.750. The summed E-state index contributed by atoms with van der Waals surface area (Å²) in [5.74, 6) is 0.0409. The molecule has 102 valence electrons. The molecule has 1 heterocycles. The first-order valence-corrected chi connectivity index (χ1v) is 7.02. The molecule has 0 radical (unpaired) electrons. The third-order valence-corrected chi connectivity index (χ3v) is 3.66. The van der Waals surface area contributed by atoms with Crippen LogP contribution in [0.2, 0.25) is 0 Å². The molecule has 0 saturated heterocycles. The van der Waals surface area contributed by atoms with E-state index in [-0.39, 0.29) is 6.42 Å². The second-order valence-corrected chi connectivity index (χ2v) is 6.05. The Morgan fingerprint density at radius 3 is 2.44 bits per heavy atom. The van der Waals surface area contributed by atoms with E-state index >= 15 is 0 Å². The molecule has 0 aliphatic carbocycles. The first-order valence-electron chi connectivity index (χ1n) is 6.20. The summed E-state index contributed by atoms with van der Waals surface area (Å²) in [4.78, 5) is 12.7. The molecule has 1 rings (SSSR count). The molecular weight excluding hydrogens is 250 g/mol. The monoisotopic (exact) mass is 271 g/mol. The van der Waals surface area contributed by atoms with Gasteiger partial charge in [-0.25, -0.2) is 0 Å². The average molecular weight is 271 g/mol. The van der Waals surface area contributed by atoms with Crippen molar-refractivity contribution in [2.24, 2.45) is 5.92 Å². The summed E-state index contributed by atoms with van der Waals surface area (Å²) >= 11 is 1.55. The zero-order valence-electron chi connectivity index (χ0n) is 11.4. The first-order chi connectivity index (χ1) is 8.40. The van der Waals surface area contributed by atoms with E-state index in [1.165, 1.54) is 0 Å². The van der Waals surface area contributed by atoms with Gasteiger partial charge in [0.25, 0.3) is 0 Å². The number of carboxylic acid groups (broad SMARTS) is 1. The van der Waals surface area contributed by atoms with E-state index in [0.717, 1.165) is 16.7 Å². The lowest BCUT2D eigenvalue weighted by molar-refractivity contribution is -0.136. The van der Waals surface area contributed by atoms with Crippen molar-refractivity contribution >= 4 is 22.4 Å². The van der Waals surface area contributed by atoms with Crippen LogP contribution in [-0.4, -0.2) is 34.4 Å². The Morgan fingerprint density at radius 1 is 1.33 bits per heavy atom. The van der Waals surface area contributed by atoms with Gasteiger partial charge in [0.05, 0.1) is 6.42 Å². The van der Waals surface area contributed by atoms with Gasteiger partial charge < -0.3 is 10.0 Å². The minimum absolute atomic E-state index is 0.128. The van der Waals surface area contributed by atoms with E-state index in [1.54, 1.807) is 11.3 Å². The molecule has 5 nitrogen and oxygen atoms in total. The summed E-state index contributed by atoms with van der Waals surface area (Å²) in [6.45, 7) is 9.67. The molecule has 0 atom stereocenters. The van der Waals surface area contributed by atoms with Crippen LogP contribution in [0.25, 0.3) is 0 Å². The Morgan fingerprint density at radius 2 is 2.00 bits per heavy atom. The Balaban J connectivity index is 2.76. The van der Waals surface area contributed by atoms with Crippen LogP contribution < -0.4 is 4.90 Å². The predicted molar refractivity (Wildman–Crippen MR) is 73.3 cm³/mol. The zero-order chi connectivity index (χ0) is 13.7. The van der Waals surface area contributed by atoms with E-state index in [2.05, 4.69) is 37.9 Å².